The monoisotopic (exact) mass is 271 g/mol. The van der Waals surface area contributed by atoms with Crippen molar-refractivity contribution in [3.63, 3.8) is 0 Å². The third-order valence-electron chi connectivity index (χ3n) is 1.83. The van der Waals surface area contributed by atoms with Gasteiger partial charge in [0, 0.05) is 15.9 Å². The Morgan fingerprint density at radius 2 is 2.17 bits per heavy atom. The zero-order chi connectivity index (χ0) is 8.55. The van der Waals surface area contributed by atoms with E-state index >= 15 is 0 Å². The third kappa shape index (κ3) is 1.29. The molecule has 1 unspecified atom stereocenters. The molecule has 0 spiro atoms. The molecule has 0 aromatic heterocycles. The first-order chi connectivity index (χ1) is 5.77. The summed E-state index contributed by atoms with van der Waals surface area (Å²) in [5, 5.41) is 0. The number of fused-ring (bicyclic) bond motifs is 1. The zero-order valence-electron chi connectivity index (χ0n) is 6.20. The van der Waals surface area contributed by atoms with E-state index in [-0.39, 0.29) is 11.7 Å². The number of nitrogens with zero attached hydrogens (tertiary/aromatic N) is 1. The highest BCUT2D eigenvalue weighted by atomic mass is 127. The first-order valence-corrected chi connectivity index (χ1v) is 4.69. The Hall–Kier alpha value is -0.710. The molecule has 1 aliphatic heterocycles. The number of halogens is 1. The lowest BCUT2D eigenvalue weighted by Gasteiger charge is -2.16. The van der Waals surface area contributed by atoms with Crippen LogP contribution >= 0.6 is 22.6 Å². The van der Waals surface area contributed by atoms with Crippen molar-refractivity contribution in [3.8, 4) is 0 Å². The van der Waals surface area contributed by atoms with Gasteiger partial charge in [0.25, 0.3) is 0 Å². The molecule has 1 aliphatic carbocycles. The van der Waals surface area contributed by atoms with Gasteiger partial charge in [-0.25, -0.2) is 0 Å². The fourth-order valence-corrected chi connectivity index (χ4v) is 1.76. The van der Waals surface area contributed by atoms with Crippen molar-refractivity contribution in [1.82, 2.24) is 0 Å². The molecule has 0 fully saturated rings. The number of carbonyl (C=O) groups excluding carboxylic acids is 1. The van der Waals surface area contributed by atoms with Crippen LogP contribution < -0.4 is 0 Å². The van der Waals surface area contributed by atoms with E-state index < -0.39 is 0 Å². The van der Waals surface area contributed by atoms with E-state index in [0.29, 0.717) is 0 Å². The predicted octanol–water partition coefficient (Wildman–Crippen LogP) is 2.03. The minimum Gasteiger partial charge on any atom is -0.294 e. The first kappa shape index (κ1) is 7.91. The van der Waals surface area contributed by atoms with E-state index in [1.54, 1.807) is 6.20 Å². The third-order valence-corrected chi connectivity index (χ3v) is 2.55. The molecule has 2 nitrogen and oxygen atoms in total. The zero-order valence-corrected chi connectivity index (χ0v) is 8.36. The lowest BCUT2D eigenvalue weighted by atomic mass is 9.92. The Kier molecular flexibility index (Phi) is 1.96. The van der Waals surface area contributed by atoms with E-state index in [4.69, 9.17) is 0 Å². The van der Waals surface area contributed by atoms with Crippen molar-refractivity contribution in [2.24, 2.45) is 10.9 Å². The maximum absolute atomic E-state index is 11.3. The molecule has 0 aromatic carbocycles. The summed E-state index contributed by atoms with van der Waals surface area (Å²) in [7, 11) is 0. The second-order valence-corrected chi connectivity index (χ2v) is 3.88. The molecule has 3 heteroatoms. The standard InChI is InChI=1S/C9H6INO/c10-6-1-2-8-7(5-6)9(12)3-4-11-8/h1-5,7H. The van der Waals surface area contributed by atoms with Gasteiger partial charge in [0.15, 0.2) is 5.78 Å². The van der Waals surface area contributed by atoms with Crippen molar-refractivity contribution in [3.05, 3.63) is 34.1 Å². The largest absolute Gasteiger partial charge is 0.294 e. The molecule has 0 radical (unpaired) electrons. The van der Waals surface area contributed by atoms with Crippen LogP contribution in [0.5, 0.6) is 0 Å². The summed E-state index contributed by atoms with van der Waals surface area (Å²) in [6, 6.07) is 0. The van der Waals surface area contributed by atoms with Crippen LogP contribution in [0.25, 0.3) is 0 Å². The quantitative estimate of drug-likeness (QED) is 0.620. The van der Waals surface area contributed by atoms with Crippen molar-refractivity contribution in [2.45, 2.75) is 0 Å². The van der Waals surface area contributed by atoms with Gasteiger partial charge in [-0.15, -0.1) is 0 Å². The van der Waals surface area contributed by atoms with Crippen LogP contribution in [0.4, 0.5) is 0 Å². The van der Waals surface area contributed by atoms with Crippen LogP contribution in [0.3, 0.4) is 0 Å². The van der Waals surface area contributed by atoms with Gasteiger partial charge in [-0.2, -0.15) is 0 Å². The molecule has 1 atom stereocenters. The highest BCUT2D eigenvalue weighted by Crippen LogP contribution is 2.22. The second-order valence-electron chi connectivity index (χ2n) is 2.63. The van der Waals surface area contributed by atoms with Crippen LogP contribution in [0.2, 0.25) is 0 Å². The van der Waals surface area contributed by atoms with E-state index in [2.05, 4.69) is 27.6 Å². The number of rotatable bonds is 0. The Bertz CT molecular complexity index is 350. The minimum atomic E-state index is -0.133. The Balaban J connectivity index is 2.43. The molecule has 2 rings (SSSR count). The van der Waals surface area contributed by atoms with E-state index in [0.717, 1.165) is 9.29 Å². The number of carbonyl (C=O) groups is 1. The smallest absolute Gasteiger partial charge is 0.170 e. The van der Waals surface area contributed by atoms with Gasteiger partial charge < -0.3 is 0 Å². The first-order valence-electron chi connectivity index (χ1n) is 3.61. The van der Waals surface area contributed by atoms with Crippen LogP contribution in [-0.4, -0.2) is 11.5 Å². The average molecular weight is 271 g/mol. The Morgan fingerprint density at radius 3 is 3.00 bits per heavy atom. The summed E-state index contributed by atoms with van der Waals surface area (Å²) in [5.41, 5.74) is 0.850. The second kappa shape index (κ2) is 2.97. The summed E-state index contributed by atoms with van der Waals surface area (Å²) in [6.45, 7) is 0. The van der Waals surface area contributed by atoms with Crippen LogP contribution in [0.15, 0.2) is 39.1 Å². The lowest BCUT2D eigenvalue weighted by molar-refractivity contribution is -0.115. The van der Waals surface area contributed by atoms with Crippen LogP contribution in [0.1, 0.15) is 0 Å². The van der Waals surface area contributed by atoms with Crippen molar-refractivity contribution < 1.29 is 4.79 Å². The minimum absolute atomic E-state index is 0.124. The predicted molar refractivity (Wildman–Crippen MR) is 56.3 cm³/mol. The highest BCUT2D eigenvalue weighted by Gasteiger charge is 2.22. The molecule has 0 saturated heterocycles. The van der Waals surface area contributed by atoms with Gasteiger partial charge in [0.1, 0.15) is 0 Å². The van der Waals surface area contributed by atoms with Crippen molar-refractivity contribution in [1.29, 1.82) is 0 Å². The Morgan fingerprint density at radius 1 is 1.33 bits per heavy atom. The van der Waals surface area contributed by atoms with E-state index in [1.807, 2.05) is 18.2 Å². The van der Waals surface area contributed by atoms with E-state index in [1.165, 1.54) is 6.08 Å². The van der Waals surface area contributed by atoms with Gasteiger partial charge >= 0.3 is 0 Å². The molecule has 2 aliphatic rings. The Labute approximate surface area is 83.9 Å². The molecule has 0 bridgehead atoms. The van der Waals surface area contributed by atoms with Crippen LogP contribution in [0, 0.1) is 5.92 Å². The fraction of sp³-hybridized carbons (Fsp3) is 0.111. The van der Waals surface area contributed by atoms with Crippen molar-refractivity contribution >= 4 is 34.1 Å². The van der Waals surface area contributed by atoms with Gasteiger partial charge in [0.05, 0.1) is 11.6 Å². The van der Waals surface area contributed by atoms with Crippen molar-refractivity contribution in [2.75, 3.05) is 0 Å². The van der Waals surface area contributed by atoms with Crippen LogP contribution in [-0.2, 0) is 4.79 Å². The molecule has 1 heterocycles. The molecule has 0 saturated carbocycles. The van der Waals surface area contributed by atoms with E-state index in [9.17, 15) is 4.79 Å². The van der Waals surface area contributed by atoms with Gasteiger partial charge in [0.2, 0.25) is 0 Å². The average Bonchev–Trinajstić information content (AvgIpc) is 2.07. The van der Waals surface area contributed by atoms with Gasteiger partial charge in [-0.05, 0) is 34.7 Å². The molecular weight excluding hydrogens is 265 g/mol. The highest BCUT2D eigenvalue weighted by molar-refractivity contribution is 14.1. The summed E-state index contributed by atoms with van der Waals surface area (Å²) in [4.78, 5) is 15.4. The number of ketones is 1. The summed E-state index contributed by atoms with van der Waals surface area (Å²) in [6.07, 6.45) is 8.87. The number of allylic oxidation sites excluding steroid dienone is 5. The fourth-order valence-electron chi connectivity index (χ4n) is 1.22. The maximum Gasteiger partial charge on any atom is 0.170 e. The number of hydrogen-bond donors (Lipinski definition) is 0. The molecular formula is C9H6INO. The van der Waals surface area contributed by atoms with Gasteiger partial charge in [-0.1, -0.05) is 6.08 Å². The summed E-state index contributed by atoms with van der Waals surface area (Å²) >= 11 is 2.20. The number of aliphatic imine (C=N–C) groups is 1. The maximum atomic E-state index is 11.3. The normalized spacial score (nSPS) is 26.4. The topological polar surface area (TPSA) is 29.4 Å². The molecule has 0 N–H and O–H groups in total. The molecule has 0 aromatic rings. The lowest BCUT2D eigenvalue weighted by Crippen LogP contribution is -2.23. The molecule has 0 amide bonds. The summed E-state index contributed by atoms with van der Waals surface area (Å²) < 4.78 is 1.10. The summed E-state index contributed by atoms with van der Waals surface area (Å²) in [5.74, 6) is -0.00887. The SMILES string of the molecule is O=C1C=CN=C2C=CC(I)=CC12. The molecule has 12 heavy (non-hydrogen) atoms. The van der Waals surface area contributed by atoms with Gasteiger partial charge in [-0.3, -0.25) is 9.79 Å². The number of hydrogen-bond acceptors (Lipinski definition) is 2. The molecule has 60 valence electrons.